The fraction of sp³-hybridized carbons (Fsp3) is 0.286. The minimum absolute atomic E-state index is 0.0854. The fourth-order valence-electron chi connectivity index (χ4n) is 1.45. The average Bonchev–Trinajstić information content (AvgIpc) is 2.98. The van der Waals surface area contributed by atoms with Crippen LogP contribution in [0, 0.1) is 11.8 Å². The molecule has 0 unspecified atom stereocenters. The maximum Gasteiger partial charge on any atom is 0.183 e. The van der Waals surface area contributed by atoms with Crippen LogP contribution in [0.15, 0.2) is 35.7 Å². The summed E-state index contributed by atoms with van der Waals surface area (Å²) in [6, 6.07) is 7.61. The van der Waals surface area contributed by atoms with Crippen LogP contribution in [0.3, 0.4) is 0 Å². The third-order valence-electron chi connectivity index (χ3n) is 2.29. The van der Waals surface area contributed by atoms with Gasteiger partial charge in [0, 0.05) is 17.7 Å². The lowest BCUT2D eigenvalue weighted by atomic mass is 10.2. The summed E-state index contributed by atoms with van der Waals surface area (Å²) >= 11 is 1.56. The van der Waals surface area contributed by atoms with Gasteiger partial charge in [-0.2, -0.15) is 5.10 Å². The molecule has 0 bridgehead atoms. The number of hydrogen-bond donors (Lipinski definition) is 2. The van der Waals surface area contributed by atoms with Crippen molar-refractivity contribution in [2.75, 3.05) is 19.0 Å². The van der Waals surface area contributed by atoms with E-state index in [1.54, 1.807) is 11.8 Å². The van der Waals surface area contributed by atoms with Gasteiger partial charge >= 0.3 is 0 Å². The van der Waals surface area contributed by atoms with Crippen molar-refractivity contribution in [3.63, 3.8) is 0 Å². The zero-order valence-corrected chi connectivity index (χ0v) is 11.7. The molecule has 0 saturated heterocycles. The van der Waals surface area contributed by atoms with Crippen molar-refractivity contribution in [2.24, 2.45) is 0 Å². The number of nitrogens with zero attached hydrogens (tertiary/aromatic N) is 2. The summed E-state index contributed by atoms with van der Waals surface area (Å²) in [7, 11) is 0. The minimum Gasteiger partial charge on any atom is -0.493 e. The SMILES string of the molecule is OCCC#Cc1cccc(OCCSc2ncn[nH]2)c1. The first-order valence-electron chi connectivity index (χ1n) is 6.19. The number of rotatable bonds is 6. The summed E-state index contributed by atoms with van der Waals surface area (Å²) in [5.74, 6) is 7.44. The molecule has 1 aromatic heterocycles. The Bertz CT molecular complexity index is 576. The van der Waals surface area contributed by atoms with Gasteiger partial charge < -0.3 is 9.84 Å². The molecule has 0 atom stereocenters. The standard InChI is InChI=1S/C14H15N3O2S/c18-7-2-1-4-12-5-3-6-13(10-12)19-8-9-20-14-15-11-16-17-14/h3,5-6,10-11,18H,2,7-9H2,(H,15,16,17). The normalized spacial score (nSPS) is 9.85. The van der Waals surface area contributed by atoms with Gasteiger partial charge in [0.2, 0.25) is 0 Å². The Morgan fingerprint density at radius 1 is 1.40 bits per heavy atom. The van der Waals surface area contributed by atoms with Crippen LogP contribution in [0.5, 0.6) is 5.75 Å². The number of aromatic nitrogens is 3. The van der Waals surface area contributed by atoms with Crippen molar-refractivity contribution >= 4 is 11.8 Å². The number of aliphatic hydroxyl groups is 1. The molecule has 6 heteroatoms. The third-order valence-corrected chi connectivity index (χ3v) is 3.13. The highest BCUT2D eigenvalue weighted by atomic mass is 32.2. The number of nitrogens with one attached hydrogen (secondary N) is 1. The van der Waals surface area contributed by atoms with Crippen LogP contribution in [0.25, 0.3) is 0 Å². The minimum atomic E-state index is 0.0854. The van der Waals surface area contributed by atoms with Gasteiger partial charge in [-0.25, -0.2) is 4.98 Å². The van der Waals surface area contributed by atoms with Gasteiger partial charge in [0.05, 0.1) is 13.2 Å². The molecule has 2 N–H and O–H groups in total. The molecule has 0 radical (unpaired) electrons. The second-order valence-corrected chi connectivity index (χ2v) is 4.87. The summed E-state index contributed by atoms with van der Waals surface area (Å²) in [6.07, 6.45) is 1.97. The molecule has 104 valence electrons. The Hall–Kier alpha value is -1.97. The molecule has 1 aromatic carbocycles. The maximum atomic E-state index is 8.68. The molecule has 1 heterocycles. The van der Waals surface area contributed by atoms with E-state index in [0.717, 1.165) is 22.2 Å². The average molecular weight is 289 g/mol. The highest BCUT2D eigenvalue weighted by molar-refractivity contribution is 7.99. The van der Waals surface area contributed by atoms with E-state index in [1.807, 2.05) is 24.3 Å². The second-order valence-electron chi connectivity index (χ2n) is 3.79. The lowest BCUT2D eigenvalue weighted by molar-refractivity contribution is 0.305. The van der Waals surface area contributed by atoms with Gasteiger partial charge in [-0.1, -0.05) is 29.7 Å². The number of thioether (sulfide) groups is 1. The summed E-state index contributed by atoms with van der Waals surface area (Å²) in [5, 5.41) is 16.0. The first kappa shape index (κ1) is 14.4. The topological polar surface area (TPSA) is 71.0 Å². The van der Waals surface area contributed by atoms with Gasteiger partial charge in [0.25, 0.3) is 0 Å². The lowest BCUT2D eigenvalue weighted by Crippen LogP contribution is -2.00. The molecule has 0 spiro atoms. The number of aliphatic hydroxyl groups excluding tert-OH is 1. The van der Waals surface area contributed by atoms with Crippen molar-refractivity contribution in [2.45, 2.75) is 11.6 Å². The molecule has 20 heavy (non-hydrogen) atoms. The fourth-order valence-corrected chi connectivity index (χ4v) is 2.04. The van der Waals surface area contributed by atoms with Crippen LogP contribution >= 0.6 is 11.8 Å². The largest absolute Gasteiger partial charge is 0.493 e. The van der Waals surface area contributed by atoms with Gasteiger partial charge in [-0.15, -0.1) is 0 Å². The third kappa shape index (κ3) is 4.96. The van der Waals surface area contributed by atoms with Gasteiger partial charge in [0.1, 0.15) is 12.1 Å². The van der Waals surface area contributed by atoms with Crippen molar-refractivity contribution < 1.29 is 9.84 Å². The van der Waals surface area contributed by atoms with Crippen LogP contribution in [-0.2, 0) is 0 Å². The first-order valence-corrected chi connectivity index (χ1v) is 7.18. The summed E-state index contributed by atoms with van der Waals surface area (Å²) in [5.41, 5.74) is 0.888. The molecular formula is C14H15N3O2S. The Morgan fingerprint density at radius 2 is 2.35 bits per heavy atom. The summed E-state index contributed by atoms with van der Waals surface area (Å²) in [6.45, 7) is 0.668. The quantitative estimate of drug-likeness (QED) is 0.481. The molecule has 0 aliphatic carbocycles. The lowest BCUT2D eigenvalue weighted by Gasteiger charge is -2.05. The molecule has 5 nitrogen and oxygen atoms in total. The molecule has 0 aliphatic rings. The predicted molar refractivity (Wildman–Crippen MR) is 77.6 cm³/mol. The van der Waals surface area contributed by atoms with Crippen LogP contribution < -0.4 is 4.74 Å². The summed E-state index contributed by atoms with van der Waals surface area (Å²) in [4.78, 5) is 4.02. The van der Waals surface area contributed by atoms with Gasteiger partial charge in [-0.3, -0.25) is 5.10 Å². The number of hydrogen-bond acceptors (Lipinski definition) is 5. The van der Waals surface area contributed by atoms with Crippen molar-refractivity contribution in [3.8, 4) is 17.6 Å². The Kier molecular flexibility index (Phi) is 5.96. The molecule has 2 rings (SSSR count). The zero-order chi connectivity index (χ0) is 14.0. The van der Waals surface area contributed by atoms with Crippen molar-refractivity contribution in [1.82, 2.24) is 15.2 Å². The first-order chi connectivity index (χ1) is 9.88. The molecule has 2 aromatic rings. The van der Waals surface area contributed by atoms with E-state index in [2.05, 4.69) is 27.0 Å². The van der Waals surface area contributed by atoms with Crippen LogP contribution in [0.1, 0.15) is 12.0 Å². The van der Waals surface area contributed by atoms with Crippen molar-refractivity contribution in [3.05, 3.63) is 36.2 Å². The predicted octanol–water partition coefficient (Wildman–Crippen LogP) is 1.71. The molecular weight excluding hydrogens is 274 g/mol. The second kappa shape index (κ2) is 8.25. The van der Waals surface area contributed by atoms with Crippen LogP contribution in [-0.4, -0.2) is 39.3 Å². The smallest absolute Gasteiger partial charge is 0.183 e. The monoisotopic (exact) mass is 289 g/mol. The summed E-state index contributed by atoms with van der Waals surface area (Å²) < 4.78 is 5.65. The van der Waals surface area contributed by atoms with E-state index >= 15 is 0 Å². The van der Waals surface area contributed by atoms with E-state index in [-0.39, 0.29) is 6.61 Å². The molecule has 0 saturated carbocycles. The van der Waals surface area contributed by atoms with Gasteiger partial charge in [0.15, 0.2) is 5.16 Å². The highest BCUT2D eigenvalue weighted by Crippen LogP contribution is 2.15. The van der Waals surface area contributed by atoms with E-state index in [1.165, 1.54) is 6.33 Å². The molecule has 0 amide bonds. The van der Waals surface area contributed by atoms with Crippen LogP contribution in [0.2, 0.25) is 0 Å². The van der Waals surface area contributed by atoms with E-state index < -0.39 is 0 Å². The highest BCUT2D eigenvalue weighted by Gasteiger charge is 1.98. The Labute approximate surface area is 121 Å². The molecule has 0 aliphatic heterocycles. The number of benzene rings is 1. The maximum absolute atomic E-state index is 8.68. The van der Waals surface area contributed by atoms with Gasteiger partial charge in [-0.05, 0) is 18.2 Å². The van der Waals surface area contributed by atoms with Crippen LogP contribution in [0.4, 0.5) is 0 Å². The van der Waals surface area contributed by atoms with E-state index in [4.69, 9.17) is 9.84 Å². The zero-order valence-electron chi connectivity index (χ0n) is 10.9. The molecule has 0 fully saturated rings. The number of ether oxygens (including phenoxy) is 1. The van der Waals surface area contributed by atoms with E-state index in [0.29, 0.717) is 13.0 Å². The number of H-pyrrole nitrogens is 1. The Morgan fingerprint density at radius 3 is 3.15 bits per heavy atom. The number of aromatic amines is 1. The van der Waals surface area contributed by atoms with E-state index in [9.17, 15) is 0 Å². The van der Waals surface area contributed by atoms with Crippen molar-refractivity contribution in [1.29, 1.82) is 0 Å². The Balaban J connectivity index is 1.78.